The van der Waals surface area contributed by atoms with E-state index < -0.39 is 17.6 Å². The van der Waals surface area contributed by atoms with Crippen molar-refractivity contribution in [2.24, 2.45) is 18.7 Å². The Morgan fingerprint density at radius 3 is 2.35 bits per heavy atom. The highest BCUT2D eigenvalue weighted by Crippen LogP contribution is 2.41. The minimum atomic E-state index is -4.11. The van der Waals surface area contributed by atoms with Crippen molar-refractivity contribution >= 4 is 11.6 Å². The van der Waals surface area contributed by atoms with Crippen LogP contribution in [0.15, 0.2) is 0 Å². The van der Waals surface area contributed by atoms with Crippen LogP contribution in [-0.4, -0.2) is 21.5 Å². The highest BCUT2D eigenvalue weighted by molar-refractivity contribution is 6.30. The summed E-state index contributed by atoms with van der Waals surface area (Å²) in [5.41, 5.74) is 7.31. The van der Waals surface area contributed by atoms with Gasteiger partial charge in [0, 0.05) is 18.2 Å². The molecular formula is C13H19ClF3N3. The molecule has 2 N–H and O–H groups in total. The van der Waals surface area contributed by atoms with E-state index in [4.69, 9.17) is 17.3 Å². The van der Waals surface area contributed by atoms with Gasteiger partial charge in [0.15, 0.2) is 0 Å². The highest BCUT2D eigenvalue weighted by atomic mass is 35.5. The van der Waals surface area contributed by atoms with Gasteiger partial charge in [-0.25, -0.2) is 0 Å². The van der Waals surface area contributed by atoms with Crippen LogP contribution < -0.4 is 5.73 Å². The van der Waals surface area contributed by atoms with Crippen LogP contribution in [0, 0.1) is 12.8 Å². The van der Waals surface area contributed by atoms with E-state index in [0.29, 0.717) is 24.4 Å². The number of alkyl halides is 3. The Labute approximate surface area is 121 Å². The summed E-state index contributed by atoms with van der Waals surface area (Å²) >= 11 is 6.16. The second kappa shape index (κ2) is 5.22. The monoisotopic (exact) mass is 309 g/mol. The molecule has 0 radical (unpaired) electrons. The van der Waals surface area contributed by atoms with Crippen LogP contribution in [0.25, 0.3) is 0 Å². The number of nitrogens with zero attached hydrogens (tertiary/aromatic N) is 2. The zero-order valence-electron chi connectivity index (χ0n) is 11.6. The molecule has 7 heteroatoms. The summed E-state index contributed by atoms with van der Waals surface area (Å²) in [5, 5.41) is 4.73. The van der Waals surface area contributed by atoms with Crippen LogP contribution in [0.5, 0.6) is 0 Å². The number of nitrogens with two attached hydrogens (primary N) is 1. The zero-order chi connectivity index (χ0) is 15.1. The van der Waals surface area contributed by atoms with E-state index in [-0.39, 0.29) is 12.8 Å². The number of halogens is 4. The van der Waals surface area contributed by atoms with Gasteiger partial charge in [0.05, 0.1) is 11.6 Å². The molecule has 1 aliphatic rings. The maximum absolute atomic E-state index is 12.7. The molecule has 1 aromatic rings. The van der Waals surface area contributed by atoms with Crippen molar-refractivity contribution < 1.29 is 13.2 Å². The van der Waals surface area contributed by atoms with E-state index in [1.807, 2.05) is 6.92 Å². The lowest BCUT2D eigenvalue weighted by atomic mass is 9.74. The molecule has 0 spiro atoms. The highest BCUT2D eigenvalue weighted by Gasteiger charge is 2.44. The molecule has 1 fully saturated rings. The lowest BCUT2D eigenvalue weighted by molar-refractivity contribution is -0.184. The molecule has 0 saturated heterocycles. The molecule has 20 heavy (non-hydrogen) atoms. The predicted octanol–water partition coefficient (Wildman–Crippen LogP) is 3.37. The van der Waals surface area contributed by atoms with Crippen LogP contribution in [0.1, 0.15) is 36.9 Å². The summed E-state index contributed by atoms with van der Waals surface area (Å²) in [7, 11) is 1.74. The lowest BCUT2D eigenvalue weighted by Crippen LogP contribution is -2.47. The largest absolute Gasteiger partial charge is 0.391 e. The normalized spacial score (nSPS) is 27.9. The molecule has 114 valence electrons. The van der Waals surface area contributed by atoms with Crippen LogP contribution in [0.3, 0.4) is 0 Å². The number of aryl methyl sites for hydroxylation is 2. The van der Waals surface area contributed by atoms with Gasteiger partial charge in [-0.2, -0.15) is 18.3 Å². The minimum Gasteiger partial charge on any atom is -0.325 e. The van der Waals surface area contributed by atoms with Gasteiger partial charge >= 0.3 is 6.18 Å². The first-order valence-electron chi connectivity index (χ1n) is 6.66. The molecular weight excluding hydrogens is 291 g/mol. The van der Waals surface area contributed by atoms with Gasteiger partial charge in [0.2, 0.25) is 0 Å². The van der Waals surface area contributed by atoms with E-state index in [1.165, 1.54) is 0 Å². The Hall–Kier alpha value is -0.750. The first kappa shape index (κ1) is 15.6. The van der Waals surface area contributed by atoms with Gasteiger partial charge in [0.1, 0.15) is 5.15 Å². The van der Waals surface area contributed by atoms with Crippen molar-refractivity contribution in [2.45, 2.75) is 50.7 Å². The van der Waals surface area contributed by atoms with Crippen molar-refractivity contribution in [3.63, 3.8) is 0 Å². The van der Waals surface area contributed by atoms with Crippen molar-refractivity contribution in [2.75, 3.05) is 0 Å². The van der Waals surface area contributed by atoms with Crippen molar-refractivity contribution in [1.82, 2.24) is 9.78 Å². The predicted molar refractivity (Wildman–Crippen MR) is 71.6 cm³/mol. The third-order valence-corrected chi connectivity index (χ3v) is 4.72. The summed E-state index contributed by atoms with van der Waals surface area (Å²) in [6, 6.07) is 0. The van der Waals surface area contributed by atoms with Crippen molar-refractivity contribution in [3.05, 3.63) is 16.4 Å². The standard InChI is InChI=1S/C13H19ClF3N3/c1-8-10(11(14)20(2)19-8)7-12(18)5-3-9(4-6-12)13(15,16)17/h9H,3-7,18H2,1-2H3. The quantitative estimate of drug-likeness (QED) is 0.910. The summed E-state index contributed by atoms with van der Waals surface area (Å²) in [4.78, 5) is 0. The van der Waals surface area contributed by atoms with Crippen molar-refractivity contribution in [1.29, 1.82) is 0 Å². The molecule has 1 aromatic heterocycles. The molecule has 0 aromatic carbocycles. The van der Waals surface area contributed by atoms with Gasteiger partial charge in [-0.15, -0.1) is 0 Å². The zero-order valence-corrected chi connectivity index (χ0v) is 12.4. The Morgan fingerprint density at radius 2 is 1.95 bits per heavy atom. The van der Waals surface area contributed by atoms with Gasteiger partial charge in [-0.1, -0.05) is 11.6 Å². The molecule has 0 atom stereocenters. The fourth-order valence-corrected chi connectivity index (χ4v) is 3.16. The first-order chi connectivity index (χ1) is 9.12. The Balaban J connectivity index is 2.07. The average Bonchev–Trinajstić information content (AvgIpc) is 2.55. The third kappa shape index (κ3) is 3.11. The van der Waals surface area contributed by atoms with Crippen LogP contribution in [-0.2, 0) is 13.5 Å². The molecule has 3 nitrogen and oxygen atoms in total. The van der Waals surface area contributed by atoms with E-state index in [9.17, 15) is 13.2 Å². The molecule has 1 saturated carbocycles. The number of hydrogen-bond acceptors (Lipinski definition) is 2. The average molecular weight is 310 g/mol. The maximum atomic E-state index is 12.7. The summed E-state index contributed by atoms with van der Waals surface area (Å²) in [6.45, 7) is 1.84. The number of hydrogen-bond donors (Lipinski definition) is 1. The summed E-state index contributed by atoms with van der Waals surface area (Å²) in [5.74, 6) is -1.22. The molecule has 0 aliphatic heterocycles. The molecule has 1 aliphatic carbocycles. The maximum Gasteiger partial charge on any atom is 0.391 e. The van der Waals surface area contributed by atoms with Gasteiger partial charge in [0.25, 0.3) is 0 Å². The van der Waals surface area contributed by atoms with E-state index in [0.717, 1.165) is 11.3 Å². The molecule has 0 unspecified atom stereocenters. The van der Waals surface area contributed by atoms with E-state index in [2.05, 4.69) is 5.10 Å². The van der Waals surface area contributed by atoms with Crippen LogP contribution >= 0.6 is 11.6 Å². The number of aromatic nitrogens is 2. The van der Waals surface area contributed by atoms with Crippen LogP contribution in [0.4, 0.5) is 13.2 Å². The fourth-order valence-electron chi connectivity index (χ4n) is 2.92. The molecule has 1 heterocycles. The van der Waals surface area contributed by atoms with Crippen molar-refractivity contribution in [3.8, 4) is 0 Å². The smallest absolute Gasteiger partial charge is 0.325 e. The van der Waals surface area contributed by atoms with E-state index in [1.54, 1.807) is 11.7 Å². The van der Waals surface area contributed by atoms with Gasteiger partial charge < -0.3 is 5.73 Å². The topological polar surface area (TPSA) is 43.8 Å². The van der Waals surface area contributed by atoms with Gasteiger partial charge in [-0.05, 0) is 39.0 Å². The molecule has 0 amide bonds. The Kier molecular flexibility index (Phi) is 4.08. The number of rotatable bonds is 2. The lowest BCUT2D eigenvalue weighted by Gasteiger charge is -2.37. The van der Waals surface area contributed by atoms with Gasteiger partial charge in [-0.3, -0.25) is 4.68 Å². The summed E-state index contributed by atoms with van der Waals surface area (Å²) < 4.78 is 39.6. The Morgan fingerprint density at radius 1 is 1.40 bits per heavy atom. The Bertz CT molecular complexity index is 488. The second-order valence-corrected chi connectivity index (χ2v) is 6.19. The molecule has 0 bridgehead atoms. The fraction of sp³-hybridized carbons (Fsp3) is 0.769. The van der Waals surface area contributed by atoms with E-state index >= 15 is 0 Å². The minimum absolute atomic E-state index is 0.0942. The van der Waals surface area contributed by atoms with Crippen LogP contribution in [0.2, 0.25) is 5.15 Å². The molecule has 2 rings (SSSR count). The second-order valence-electron chi connectivity index (χ2n) is 5.83. The first-order valence-corrected chi connectivity index (χ1v) is 7.04. The summed E-state index contributed by atoms with van der Waals surface area (Å²) in [6.07, 6.45) is -2.71. The third-order valence-electron chi connectivity index (χ3n) is 4.24. The SMILES string of the molecule is Cc1nn(C)c(Cl)c1CC1(N)CCC(C(F)(F)F)CC1.